The first kappa shape index (κ1) is 14.7. The van der Waals surface area contributed by atoms with Gasteiger partial charge in [0.1, 0.15) is 0 Å². The number of hydrogen-bond donors (Lipinski definition) is 1. The third-order valence-corrected chi connectivity index (χ3v) is 3.68. The van der Waals surface area contributed by atoms with E-state index in [1.807, 2.05) is 12.1 Å². The van der Waals surface area contributed by atoms with Crippen LogP contribution in [0, 0.1) is 0 Å². The number of hydrogen-bond acceptors (Lipinski definition) is 4. The summed E-state index contributed by atoms with van der Waals surface area (Å²) in [5.41, 5.74) is 1.10. The van der Waals surface area contributed by atoms with Crippen LogP contribution in [0.4, 0.5) is 5.69 Å². The van der Waals surface area contributed by atoms with Gasteiger partial charge < -0.3 is 10.1 Å². The van der Waals surface area contributed by atoms with Gasteiger partial charge in [-0.05, 0) is 36.6 Å². The molecule has 104 valence electrons. The lowest BCUT2D eigenvalue weighted by molar-refractivity contribution is -0.123. The highest BCUT2D eigenvalue weighted by molar-refractivity contribution is 9.10. The molecule has 0 fully saturated rings. The number of nitrogens with one attached hydrogen (secondary N) is 1. The van der Waals surface area contributed by atoms with Gasteiger partial charge in [0.05, 0.1) is 5.56 Å². The summed E-state index contributed by atoms with van der Waals surface area (Å²) in [4.78, 5) is 23.7. The molecular weight excluding hydrogens is 342 g/mol. The van der Waals surface area contributed by atoms with Crippen molar-refractivity contribution in [1.82, 2.24) is 0 Å². The van der Waals surface area contributed by atoms with E-state index in [-0.39, 0.29) is 5.91 Å². The van der Waals surface area contributed by atoms with Gasteiger partial charge in [-0.1, -0.05) is 22.0 Å². The summed E-state index contributed by atoms with van der Waals surface area (Å²) in [7, 11) is 0. The number of carbonyl (C=O) groups is 2. The highest BCUT2D eigenvalue weighted by Gasteiger charge is 2.19. The molecule has 0 aliphatic heterocycles. The highest BCUT2D eigenvalue weighted by atomic mass is 79.9. The topological polar surface area (TPSA) is 55.4 Å². The molecule has 0 aliphatic carbocycles. The van der Waals surface area contributed by atoms with E-state index in [1.165, 1.54) is 18.3 Å². The van der Waals surface area contributed by atoms with Crippen LogP contribution in [0.2, 0.25) is 0 Å². The van der Waals surface area contributed by atoms with Gasteiger partial charge in [-0.25, -0.2) is 4.79 Å². The Morgan fingerprint density at radius 2 is 2.15 bits per heavy atom. The number of benzene rings is 1. The van der Waals surface area contributed by atoms with Gasteiger partial charge in [0.15, 0.2) is 6.10 Å². The number of ether oxygens (including phenoxy) is 1. The summed E-state index contributed by atoms with van der Waals surface area (Å²) >= 11 is 4.72. The summed E-state index contributed by atoms with van der Waals surface area (Å²) in [5, 5.41) is 6.15. The second-order valence-electron chi connectivity index (χ2n) is 4.06. The van der Waals surface area contributed by atoms with E-state index in [9.17, 15) is 9.59 Å². The lowest BCUT2D eigenvalue weighted by Gasteiger charge is -2.13. The zero-order chi connectivity index (χ0) is 14.5. The lowest BCUT2D eigenvalue weighted by atomic mass is 10.3. The summed E-state index contributed by atoms with van der Waals surface area (Å²) in [5.74, 6) is -0.866. The summed E-state index contributed by atoms with van der Waals surface area (Å²) in [6.45, 7) is 1.54. The average Bonchev–Trinajstić information content (AvgIpc) is 2.92. The van der Waals surface area contributed by atoms with Crippen molar-refractivity contribution in [2.45, 2.75) is 13.0 Å². The van der Waals surface area contributed by atoms with Crippen LogP contribution in [0.15, 0.2) is 45.6 Å². The molecule has 1 heterocycles. The average molecular weight is 354 g/mol. The summed E-state index contributed by atoms with van der Waals surface area (Å²) < 4.78 is 5.96. The number of amides is 1. The van der Waals surface area contributed by atoms with Crippen molar-refractivity contribution in [3.63, 3.8) is 0 Å². The predicted octanol–water partition coefficient (Wildman–Crippen LogP) is 3.69. The Labute approximate surface area is 128 Å². The van der Waals surface area contributed by atoms with E-state index in [0.717, 1.165) is 4.47 Å². The fourth-order valence-electron chi connectivity index (χ4n) is 1.47. The van der Waals surface area contributed by atoms with Crippen LogP contribution in [-0.2, 0) is 9.53 Å². The van der Waals surface area contributed by atoms with E-state index in [4.69, 9.17) is 4.74 Å². The van der Waals surface area contributed by atoms with Gasteiger partial charge in [0, 0.05) is 15.5 Å². The minimum atomic E-state index is -0.860. The second kappa shape index (κ2) is 6.67. The Kier molecular flexibility index (Phi) is 4.92. The molecule has 0 spiro atoms. The largest absolute Gasteiger partial charge is 0.449 e. The number of anilines is 1. The van der Waals surface area contributed by atoms with Crippen molar-refractivity contribution in [3.8, 4) is 0 Å². The monoisotopic (exact) mass is 353 g/mol. The van der Waals surface area contributed by atoms with Crippen LogP contribution >= 0.6 is 27.3 Å². The Morgan fingerprint density at radius 3 is 2.80 bits per heavy atom. The van der Waals surface area contributed by atoms with Crippen LogP contribution < -0.4 is 5.32 Å². The summed E-state index contributed by atoms with van der Waals surface area (Å²) in [6, 6.07) is 8.85. The van der Waals surface area contributed by atoms with Gasteiger partial charge in [-0.3, -0.25) is 4.79 Å². The first-order valence-electron chi connectivity index (χ1n) is 5.86. The molecule has 0 aliphatic rings. The highest BCUT2D eigenvalue weighted by Crippen LogP contribution is 2.16. The first-order valence-corrected chi connectivity index (χ1v) is 7.59. The van der Waals surface area contributed by atoms with Crippen molar-refractivity contribution in [2.75, 3.05) is 5.32 Å². The number of rotatable bonds is 4. The maximum atomic E-state index is 11.9. The normalized spacial score (nSPS) is 11.7. The SMILES string of the molecule is C[C@@H](OC(=O)c1ccsc1)C(=O)Nc1cccc(Br)c1. The zero-order valence-corrected chi connectivity index (χ0v) is 13.0. The van der Waals surface area contributed by atoms with E-state index in [2.05, 4.69) is 21.2 Å². The number of esters is 1. The van der Waals surface area contributed by atoms with Crippen molar-refractivity contribution in [3.05, 3.63) is 51.1 Å². The molecule has 0 bridgehead atoms. The molecule has 1 atom stereocenters. The summed E-state index contributed by atoms with van der Waals surface area (Å²) in [6.07, 6.45) is -0.860. The van der Waals surface area contributed by atoms with Gasteiger partial charge in [-0.2, -0.15) is 11.3 Å². The first-order chi connectivity index (χ1) is 9.56. The molecular formula is C14H12BrNO3S. The molecule has 0 unspecified atom stereocenters. The van der Waals surface area contributed by atoms with E-state index in [0.29, 0.717) is 11.3 Å². The fourth-order valence-corrected chi connectivity index (χ4v) is 2.50. The molecule has 0 saturated heterocycles. The predicted molar refractivity (Wildman–Crippen MR) is 82.0 cm³/mol. The number of halogens is 1. The molecule has 1 N–H and O–H groups in total. The van der Waals surface area contributed by atoms with E-state index in [1.54, 1.807) is 29.0 Å². The van der Waals surface area contributed by atoms with Crippen LogP contribution in [0.25, 0.3) is 0 Å². The molecule has 1 aromatic carbocycles. The van der Waals surface area contributed by atoms with Gasteiger partial charge in [0.2, 0.25) is 0 Å². The van der Waals surface area contributed by atoms with Gasteiger partial charge >= 0.3 is 5.97 Å². The lowest BCUT2D eigenvalue weighted by Crippen LogP contribution is -2.29. The molecule has 0 radical (unpaired) electrons. The number of carbonyl (C=O) groups excluding carboxylic acids is 2. The van der Waals surface area contributed by atoms with Crippen LogP contribution in [0.5, 0.6) is 0 Å². The molecule has 1 amide bonds. The van der Waals surface area contributed by atoms with Crippen molar-refractivity contribution in [2.24, 2.45) is 0 Å². The Balaban J connectivity index is 1.94. The molecule has 6 heteroatoms. The molecule has 2 rings (SSSR count). The van der Waals surface area contributed by atoms with E-state index < -0.39 is 12.1 Å². The molecule has 0 saturated carbocycles. The zero-order valence-electron chi connectivity index (χ0n) is 10.6. The Hall–Kier alpha value is -1.66. The van der Waals surface area contributed by atoms with Crippen LogP contribution in [0.3, 0.4) is 0 Å². The van der Waals surface area contributed by atoms with Crippen LogP contribution in [-0.4, -0.2) is 18.0 Å². The quantitative estimate of drug-likeness (QED) is 0.852. The maximum Gasteiger partial charge on any atom is 0.339 e. The van der Waals surface area contributed by atoms with Gasteiger partial charge in [0.25, 0.3) is 5.91 Å². The van der Waals surface area contributed by atoms with E-state index >= 15 is 0 Å². The van der Waals surface area contributed by atoms with Crippen LogP contribution in [0.1, 0.15) is 17.3 Å². The minimum absolute atomic E-state index is 0.369. The second-order valence-corrected chi connectivity index (χ2v) is 5.75. The molecule has 1 aromatic heterocycles. The Morgan fingerprint density at radius 1 is 1.35 bits per heavy atom. The Bertz CT molecular complexity index is 613. The standard InChI is InChI=1S/C14H12BrNO3S/c1-9(19-14(18)10-5-6-20-8-10)13(17)16-12-4-2-3-11(15)7-12/h2-9H,1H3,(H,16,17)/t9-/m1/s1. The fraction of sp³-hybridized carbons (Fsp3) is 0.143. The molecule has 4 nitrogen and oxygen atoms in total. The van der Waals surface area contributed by atoms with Crippen molar-refractivity contribution in [1.29, 1.82) is 0 Å². The number of thiophene rings is 1. The smallest absolute Gasteiger partial charge is 0.339 e. The molecule has 20 heavy (non-hydrogen) atoms. The molecule has 2 aromatic rings. The maximum absolute atomic E-state index is 11.9. The third-order valence-electron chi connectivity index (χ3n) is 2.50. The third kappa shape index (κ3) is 3.91. The van der Waals surface area contributed by atoms with Gasteiger partial charge in [-0.15, -0.1) is 0 Å². The van der Waals surface area contributed by atoms with Crippen molar-refractivity contribution < 1.29 is 14.3 Å². The minimum Gasteiger partial charge on any atom is -0.449 e. The van der Waals surface area contributed by atoms with Crippen molar-refractivity contribution >= 4 is 44.8 Å².